The largest absolute Gasteiger partial charge is 0.488 e. The summed E-state index contributed by atoms with van der Waals surface area (Å²) in [6, 6.07) is 13.4. The summed E-state index contributed by atoms with van der Waals surface area (Å²) >= 11 is 0. The van der Waals surface area contributed by atoms with E-state index in [1.165, 1.54) is 5.56 Å². The molecule has 0 atom stereocenters. The van der Waals surface area contributed by atoms with Crippen LogP contribution >= 0.6 is 0 Å². The molecule has 23 heavy (non-hydrogen) atoms. The molecule has 0 fully saturated rings. The fraction of sp³-hybridized carbons (Fsp3) is 0.111. The number of nitrogens with zero attached hydrogens (tertiary/aromatic N) is 2. The predicted molar refractivity (Wildman–Crippen MR) is 88.7 cm³/mol. The van der Waals surface area contributed by atoms with Crippen molar-refractivity contribution in [2.45, 2.75) is 6.92 Å². The Kier molecular flexibility index (Phi) is 3.12. The van der Waals surface area contributed by atoms with Crippen LogP contribution in [0.1, 0.15) is 17.0 Å². The van der Waals surface area contributed by atoms with Gasteiger partial charge in [-0.1, -0.05) is 11.6 Å². The van der Waals surface area contributed by atoms with Gasteiger partial charge < -0.3 is 14.9 Å². The predicted octanol–water partition coefficient (Wildman–Crippen LogP) is 3.56. The van der Waals surface area contributed by atoms with Gasteiger partial charge in [0, 0.05) is 16.8 Å². The zero-order valence-electron chi connectivity index (χ0n) is 12.6. The lowest BCUT2D eigenvalue weighted by atomic mass is 10.1. The standard InChI is InChI=1S/C18H15N3O2/c1-11-2-7-16-13(8-11)9-14(10-22-16)18-21-20-17(23-18)12-3-5-15(19)6-4-12/h2-9H,10,19H2,1H3. The molecule has 1 aliphatic heterocycles. The van der Waals surface area contributed by atoms with Crippen LogP contribution in [0.5, 0.6) is 5.75 Å². The monoisotopic (exact) mass is 305 g/mol. The van der Waals surface area contributed by atoms with E-state index in [9.17, 15) is 0 Å². The van der Waals surface area contributed by atoms with Crippen molar-refractivity contribution in [3.63, 3.8) is 0 Å². The lowest BCUT2D eigenvalue weighted by Crippen LogP contribution is -2.07. The molecular weight excluding hydrogens is 290 g/mol. The lowest BCUT2D eigenvalue weighted by molar-refractivity contribution is 0.361. The number of benzene rings is 2. The molecule has 0 aliphatic carbocycles. The van der Waals surface area contributed by atoms with Crippen LogP contribution in [0.4, 0.5) is 5.69 Å². The average molecular weight is 305 g/mol. The minimum Gasteiger partial charge on any atom is -0.488 e. The average Bonchev–Trinajstić information content (AvgIpc) is 3.05. The molecule has 5 heteroatoms. The summed E-state index contributed by atoms with van der Waals surface area (Å²) in [6.07, 6.45) is 2.03. The highest BCUT2D eigenvalue weighted by molar-refractivity contribution is 5.83. The van der Waals surface area contributed by atoms with E-state index in [1.807, 2.05) is 37.3 Å². The summed E-state index contributed by atoms with van der Waals surface area (Å²) in [4.78, 5) is 0. The maximum absolute atomic E-state index is 5.78. The van der Waals surface area contributed by atoms with Crippen molar-refractivity contribution < 1.29 is 9.15 Å². The summed E-state index contributed by atoms with van der Waals surface area (Å²) in [5.41, 5.74) is 10.3. The molecule has 0 bridgehead atoms. The van der Waals surface area contributed by atoms with Gasteiger partial charge in [0.05, 0.1) is 5.57 Å². The van der Waals surface area contributed by atoms with Gasteiger partial charge in [0.15, 0.2) is 0 Å². The minimum absolute atomic E-state index is 0.416. The van der Waals surface area contributed by atoms with Crippen molar-refractivity contribution >= 4 is 17.3 Å². The Hall–Kier alpha value is -3.08. The van der Waals surface area contributed by atoms with Crippen LogP contribution in [0.2, 0.25) is 0 Å². The van der Waals surface area contributed by atoms with E-state index >= 15 is 0 Å². The molecule has 114 valence electrons. The highest BCUT2D eigenvalue weighted by Crippen LogP contribution is 2.31. The summed E-state index contributed by atoms with van der Waals surface area (Å²) in [5, 5.41) is 8.25. The summed E-state index contributed by atoms with van der Waals surface area (Å²) in [6.45, 7) is 2.47. The van der Waals surface area contributed by atoms with Gasteiger partial charge in [-0.3, -0.25) is 0 Å². The van der Waals surface area contributed by atoms with Crippen molar-refractivity contribution in [2.75, 3.05) is 12.3 Å². The van der Waals surface area contributed by atoms with Gasteiger partial charge in [-0.25, -0.2) is 0 Å². The highest BCUT2D eigenvalue weighted by atomic mass is 16.5. The van der Waals surface area contributed by atoms with Gasteiger partial charge in [0.1, 0.15) is 12.4 Å². The highest BCUT2D eigenvalue weighted by Gasteiger charge is 2.18. The first kappa shape index (κ1) is 13.6. The van der Waals surface area contributed by atoms with Crippen LogP contribution in [0, 0.1) is 6.92 Å². The molecule has 0 spiro atoms. The van der Waals surface area contributed by atoms with Gasteiger partial charge in [0.25, 0.3) is 0 Å². The van der Waals surface area contributed by atoms with Crippen LogP contribution < -0.4 is 10.5 Å². The summed E-state index contributed by atoms with van der Waals surface area (Å²) in [5.74, 6) is 1.82. The molecule has 0 radical (unpaired) electrons. The number of hydrogen-bond donors (Lipinski definition) is 1. The first-order valence-electron chi connectivity index (χ1n) is 7.33. The number of hydrogen-bond acceptors (Lipinski definition) is 5. The molecule has 0 saturated carbocycles. The molecule has 0 saturated heterocycles. The second kappa shape index (κ2) is 5.28. The fourth-order valence-corrected chi connectivity index (χ4v) is 2.52. The fourth-order valence-electron chi connectivity index (χ4n) is 2.52. The Bertz CT molecular complexity index is 895. The number of nitrogens with two attached hydrogens (primary N) is 1. The number of fused-ring (bicyclic) bond motifs is 1. The molecule has 0 unspecified atom stereocenters. The first-order valence-corrected chi connectivity index (χ1v) is 7.33. The van der Waals surface area contributed by atoms with Crippen molar-refractivity contribution in [3.8, 4) is 17.2 Å². The molecule has 4 rings (SSSR count). The van der Waals surface area contributed by atoms with E-state index in [-0.39, 0.29) is 0 Å². The molecule has 1 aromatic heterocycles. The third-order valence-corrected chi connectivity index (χ3v) is 3.74. The smallest absolute Gasteiger partial charge is 0.248 e. The zero-order chi connectivity index (χ0) is 15.8. The van der Waals surface area contributed by atoms with E-state index in [2.05, 4.69) is 16.3 Å². The Labute approximate surface area is 133 Å². The molecule has 0 amide bonds. The Morgan fingerprint density at radius 2 is 1.78 bits per heavy atom. The molecule has 3 aromatic rings. The maximum atomic E-state index is 5.78. The second-order valence-electron chi connectivity index (χ2n) is 5.53. The van der Waals surface area contributed by atoms with Gasteiger partial charge >= 0.3 is 0 Å². The van der Waals surface area contributed by atoms with E-state index < -0.39 is 0 Å². The molecule has 5 nitrogen and oxygen atoms in total. The van der Waals surface area contributed by atoms with Gasteiger partial charge in [-0.05, 0) is 49.4 Å². The van der Waals surface area contributed by atoms with Crippen LogP contribution in [-0.4, -0.2) is 16.8 Å². The minimum atomic E-state index is 0.416. The molecule has 2 aromatic carbocycles. The van der Waals surface area contributed by atoms with Crippen molar-refractivity contribution in [2.24, 2.45) is 0 Å². The Balaban J connectivity index is 1.68. The van der Waals surface area contributed by atoms with E-state index in [0.717, 1.165) is 22.4 Å². The summed E-state index contributed by atoms with van der Waals surface area (Å²) < 4.78 is 11.5. The SMILES string of the molecule is Cc1ccc2c(c1)C=C(c1nnc(-c3ccc(N)cc3)o1)CO2. The number of ether oxygens (including phenoxy) is 1. The van der Waals surface area contributed by atoms with Gasteiger partial charge in [-0.2, -0.15) is 0 Å². The van der Waals surface area contributed by atoms with Crippen LogP contribution in [-0.2, 0) is 0 Å². The van der Waals surface area contributed by atoms with Crippen molar-refractivity contribution in [3.05, 3.63) is 59.5 Å². The van der Waals surface area contributed by atoms with E-state index in [0.29, 0.717) is 24.1 Å². The zero-order valence-corrected chi connectivity index (χ0v) is 12.6. The third kappa shape index (κ3) is 2.57. The molecule has 2 N–H and O–H groups in total. The van der Waals surface area contributed by atoms with Crippen molar-refractivity contribution in [1.82, 2.24) is 10.2 Å². The Morgan fingerprint density at radius 3 is 2.61 bits per heavy atom. The summed E-state index contributed by atoms with van der Waals surface area (Å²) in [7, 11) is 0. The first-order chi connectivity index (χ1) is 11.2. The Morgan fingerprint density at radius 1 is 1.00 bits per heavy atom. The quantitative estimate of drug-likeness (QED) is 0.733. The number of aryl methyl sites for hydroxylation is 1. The van der Waals surface area contributed by atoms with Gasteiger partial charge in [-0.15, -0.1) is 10.2 Å². The second-order valence-corrected chi connectivity index (χ2v) is 5.53. The third-order valence-electron chi connectivity index (χ3n) is 3.74. The topological polar surface area (TPSA) is 74.2 Å². The number of aromatic nitrogens is 2. The van der Waals surface area contributed by atoms with Crippen LogP contribution in [0.15, 0.2) is 46.9 Å². The van der Waals surface area contributed by atoms with Crippen LogP contribution in [0.3, 0.4) is 0 Å². The van der Waals surface area contributed by atoms with Crippen molar-refractivity contribution in [1.29, 1.82) is 0 Å². The lowest BCUT2D eigenvalue weighted by Gasteiger charge is -2.16. The maximum Gasteiger partial charge on any atom is 0.248 e. The molecule has 1 aliphatic rings. The molecular formula is C18H15N3O2. The number of rotatable bonds is 2. The van der Waals surface area contributed by atoms with E-state index in [4.69, 9.17) is 14.9 Å². The van der Waals surface area contributed by atoms with Crippen LogP contribution in [0.25, 0.3) is 23.1 Å². The molecule has 2 heterocycles. The normalized spacial score (nSPS) is 13.2. The number of anilines is 1. The number of nitrogen functional groups attached to an aromatic ring is 1. The van der Waals surface area contributed by atoms with Gasteiger partial charge in [0.2, 0.25) is 11.8 Å². The van der Waals surface area contributed by atoms with E-state index in [1.54, 1.807) is 12.1 Å².